The van der Waals surface area contributed by atoms with Crippen molar-refractivity contribution >= 4 is 33.3 Å². The Kier molecular flexibility index (Phi) is 2.36. The second-order valence-corrected chi connectivity index (χ2v) is 6.90. The van der Waals surface area contributed by atoms with Crippen LogP contribution < -0.4 is 0 Å². The van der Waals surface area contributed by atoms with Crippen molar-refractivity contribution in [1.82, 2.24) is 0 Å². The van der Waals surface area contributed by atoms with Gasteiger partial charge in [-0.25, -0.2) is 0 Å². The fourth-order valence-electron chi connectivity index (χ4n) is 1.34. The molecular formula is C8H10S3. The Labute approximate surface area is 80.1 Å². The van der Waals surface area contributed by atoms with Gasteiger partial charge in [-0.2, -0.15) is 11.8 Å². The van der Waals surface area contributed by atoms with Gasteiger partial charge in [-0.15, -0.1) is 12.3 Å². The van der Waals surface area contributed by atoms with Crippen molar-refractivity contribution in [2.24, 2.45) is 5.92 Å². The van der Waals surface area contributed by atoms with Crippen LogP contribution in [0.15, 0.2) is 0 Å². The molecule has 0 nitrogen and oxygen atoms in total. The molecular weight excluding hydrogens is 192 g/mol. The SMILES string of the molecule is C#CCC1CSSCC12CS2. The van der Waals surface area contributed by atoms with Crippen LogP contribution in [0.3, 0.4) is 0 Å². The smallest absolute Gasteiger partial charge is 0.0395 e. The zero-order valence-corrected chi connectivity index (χ0v) is 8.66. The summed E-state index contributed by atoms with van der Waals surface area (Å²) in [5, 5.41) is 0. The molecule has 0 radical (unpaired) electrons. The third-order valence-electron chi connectivity index (χ3n) is 2.28. The zero-order valence-electron chi connectivity index (χ0n) is 6.21. The maximum Gasteiger partial charge on any atom is 0.0395 e. The number of rotatable bonds is 1. The van der Waals surface area contributed by atoms with Gasteiger partial charge in [0.2, 0.25) is 0 Å². The molecule has 2 saturated heterocycles. The van der Waals surface area contributed by atoms with Crippen molar-refractivity contribution in [3.63, 3.8) is 0 Å². The summed E-state index contributed by atoms with van der Waals surface area (Å²) in [7, 11) is 4.01. The van der Waals surface area contributed by atoms with E-state index in [-0.39, 0.29) is 0 Å². The monoisotopic (exact) mass is 202 g/mol. The Morgan fingerprint density at radius 1 is 1.45 bits per heavy atom. The van der Waals surface area contributed by atoms with E-state index in [4.69, 9.17) is 6.42 Å². The van der Waals surface area contributed by atoms with Crippen LogP contribution in [0.2, 0.25) is 0 Å². The molecule has 3 heteroatoms. The van der Waals surface area contributed by atoms with Crippen LogP contribution in [0.1, 0.15) is 6.42 Å². The third-order valence-corrected chi connectivity index (χ3v) is 6.57. The first-order valence-corrected chi connectivity index (χ1v) is 7.16. The van der Waals surface area contributed by atoms with Gasteiger partial charge in [0.1, 0.15) is 0 Å². The molecule has 2 heterocycles. The maximum absolute atomic E-state index is 5.33. The molecule has 11 heavy (non-hydrogen) atoms. The number of terminal acetylenes is 1. The van der Waals surface area contributed by atoms with E-state index in [0.29, 0.717) is 4.75 Å². The zero-order chi connectivity index (χ0) is 7.73. The van der Waals surface area contributed by atoms with E-state index in [1.54, 1.807) is 0 Å². The maximum atomic E-state index is 5.33. The second-order valence-electron chi connectivity index (χ2n) is 3.01. The Hall–Kier alpha value is 0.610. The van der Waals surface area contributed by atoms with Crippen molar-refractivity contribution in [3.8, 4) is 12.3 Å². The molecule has 0 aromatic rings. The third kappa shape index (κ3) is 1.54. The Bertz CT molecular complexity index is 190. The van der Waals surface area contributed by atoms with Crippen molar-refractivity contribution in [3.05, 3.63) is 0 Å². The summed E-state index contributed by atoms with van der Waals surface area (Å²) in [4.78, 5) is 0. The van der Waals surface area contributed by atoms with Gasteiger partial charge >= 0.3 is 0 Å². The minimum Gasteiger partial charge on any atom is -0.152 e. The van der Waals surface area contributed by atoms with E-state index in [1.807, 2.05) is 21.6 Å². The van der Waals surface area contributed by atoms with Crippen LogP contribution in [0.5, 0.6) is 0 Å². The Balaban J connectivity index is 2.00. The quantitative estimate of drug-likeness (QED) is 0.364. The fourth-order valence-corrected chi connectivity index (χ4v) is 6.21. The molecule has 0 saturated carbocycles. The molecule has 2 aliphatic rings. The standard InChI is InChI=1S/C8H10S3/c1-2-3-7-4-10-11-6-8(7)5-9-8/h1,7H,3-6H2. The first kappa shape index (κ1) is 8.22. The van der Waals surface area contributed by atoms with Gasteiger partial charge < -0.3 is 0 Å². The highest BCUT2D eigenvalue weighted by atomic mass is 33.1. The summed E-state index contributed by atoms with van der Waals surface area (Å²) in [6.45, 7) is 0. The molecule has 0 aromatic carbocycles. The molecule has 2 fully saturated rings. The van der Waals surface area contributed by atoms with E-state index >= 15 is 0 Å². The predicted octanol–water partition coefficient (Wildman–Crippen LogP) is 2.51. The molecule has 1 spiro atoms. The summed E-state index contributed by atoms with van der Waals surface area (Å²) in [6.07, 6.45) is 6.32. The van der Waals surface area contributed by atoms with Gasteiger partial charge in [0, 0.05) is 28.4 Å². The van der Waals surface area contributed by atoms with E-state index < -0.39 is 0 Å². The number of thioether (sulfide) groups is 1. The van der Waals surface area contributed by atoms with Crippen LogP contribution in [-0.4, -0.2) is 22.0 Å². The normalized spacial score (nSPS) is 41.9. The molecule has 0 bridgehead atoms. The molecule has 2 aliphatic heterocycles. The van der Waals surface area contributed by atoms with Crippen molar-refractivity contribution < 1.29 is 0 Å². The van der Waals surface area contributed by atoms with Gasteiger partial charge in [0.15, 0.2) is 0 Å². The topological polar surface area (TPSA) is 0 Å². The lowest BCUT2D eigenvalue weighted by molar-refractivity contribution is 0.530. The van der Waals surface area contributed by atoms with Crippen LogP contribution in [-0.2, 0) is 0 Å². The molecule has 2 atom stereocenters. The summed E-state index contributed by atoms with van der Waals surface area (Å²) >= 11 is 2.11. The average Bonchev–Trinajstić information content (AvgIpc) is 2.77. The van der Waals surface area contributed by atoms with Gasteiger partial charge in [-0.05, 0) is 5.92 Å². The van der Waals surface area contributed by atoms with Gasteiger partial charge in [-0.1, -0.05) is 21.6 Å². The molecule has 2 rings (SSSR count). The van der Waals surface area contributed by atoms with E-state index in [2.05, 4.69) is 17.7 Å². The predicted molar refractivity (Wildman–Crippen MR) is 57.0 cm³/mol. The fraction of sp³-hybridized carbons (Fsp3) is 0.750. The van der Waals surface area contributed by atoms with E-state index in [9.17, 15) is 0 Å². The van der Waals surface area contributed by atoms with Gasteiger partial charge in [0.05, 0.1) is 0 Å². The summed E-state index contributed by atoms with van der Waals surface area (Å²) in [6, 6.07) is 0. The van der Waals surface area contributed by atoms with E-state index in [1.165, 1.54) is 17.3 Å². The van der Waals surface area contributed by atoms with Crippen molar-refractivity contribution in [1.29, 1.82) is 0 Å². The molecule has 0 amide bonds. The van der Waals surface area contributed by atoms with Crippen LogP contribution >= 0.6 is 33.3 Å². The Morgan fingerprint density at radius 2 is 2.27 bits per heavy atom. The van der Waals surface area contributed by atoms with Gasteiger partial charge in [0.25, 0.3) is 0 Å². The van der Waals surface area contributed by atoms with Crippen LogP contribution in [0.4, 0.5) is 0 Å². The van der Waals surface area contributed by atoms with E-state index in [0.717, 1.165) is 12.3 Å². The highest BCUT2D eigenvalue weighted by Gasteiger charge is 2.51. The summed E-state index contributed by atoms with van der Waals surface area (Å²) < 4.78 is 0.613. The Morgan fingerprint density at radius 3 is 2.91 bits per heavy atom. The van der Waals surface area contributed by atoms with Crippen molar-refractivity contribution in [2.75, 3.05) is 17.3 Å². The summed E-state index contributed by atoms with van der Waals surface area (Å²) in [5.74, 6) is 7.53. The van der Waals surface area contributed by atoms with Crippen LogP contribution in [0.25, 0.3) is 0 Å². The minimum absolute atomic E-state index is 0.613. The largest absolute Gasteiger partial charge is 0.152 e. The summed E-state index contributed by atoms with van der Waals surface area (Å²) in [5.41, 5.74) is 0. The lowest BCUT2D eigenvalue weighted by Crippen LogP contribution is -2.29. The first-order chi connectivity index (χ1) is 5.37. The molecule has 2 unspecified atom stereocenters. The molecule has 0 N–H and O–H groups in total. The lowest BCUT2D eigenvalue weighted by Gasteiger charge is -2.27. The van der Waals surface area contributed by atoms with Crippen LogP contribution in [0, 0.1) is 18.3 Å². The minimum atomic E-state index is 0.613. The molecule has 60 valence electrons. The molecule has 0 aromatic heterocycles. The lowest BCUT2D eigenvalue weighted by atomic mass is 9.94. The highest BCUT2D eigenvalue weighted by Crippen LogP contribution is 2.58. The molecule has 0 aliphatic carbocycles. The van der Waals surface area contributed by atoms with Gasteiger partial charge in [-0.3, -0.25) is 0 Å². The van der Waals surface area contributed by atoms with Crippen molar-refractivity contribution in [2.45, 2.75) is 11.2 Å². The number of hydrogen-bond acceptors (Lipinski definition) is 3. The first-order valence-electron chi connectivity index (χ1n) is 3.69. The second kappa shape index (κ2) is 3.16. The average molecular weight is 202 g/mol. The number of hydrogen-bond donors (Lipinski definition) is 0. The highest BCUT2D eigenvalue weighted by molar-refractivity contribution is 8.76.